The number of nitrogens with zero attached hydrogens (tertiary/aromatic N) is 3. The molecule has 0 spiro atoms. The summed E-state index contributed by atoms with van der Waals surface area (Å²) in [6, 6.07) is 3.35. The third-order valence-corrected chi connectivity index (χ3v) is 2.80. The number of hydrogen-bond acceptors (Lipinski definition) is 4. The second kappa shape index (κ2) is 5.00. The average Bonchev–Trinajstić information content (AvgIpc) is 2.34. The van der Waals surface area contributed by atoms with Crippen LogP contribution in [0.4, 0.5) is 5.69 Å². The molecule has 0 aromatic carbocycles. The molecule has 2 aromatic heterocycles. The Morgan fingerprint density at radius 3 is 2.67 bits per heavy atom. The van der Waals surface area contributed by atoms with Crippen LogP contribution in [0.15, 0.2) is 35.5 Å². The van der Waals surface area contributed by atoms with E-state index in [9.17, 15) is 4.79 Å². The van der Waals surface area contributed by atoms with Gasteiger partial charge >= 0.3 is 0 Å². The quantitative estimate of drug-likeness (QED) is 0.892. The second-order valence-corrected chi connectivity index (χ2v) is 4.26. The molecule has 0 bridgehead atoms. The smallest absolute Gasteiger partial charge is 0.250 e. The highest BCUT2D eigenvalue weighted by atomic mass is 16.1. The van der Waals surface area contributed by atoms with E-state index in [2.05, 4.69) is 15.3 Å². The van der Waals surface area contributed by atoms with Gasteiger partial charge in [-0.2, -0.15) is 0 Å². The van der Waals surface area contributed by atoms with Gasteiger partial charge in [0.15, 0.2) is 0 Å². The molecule has 5 nitrogen and oxygen atoms in total. The normalized spacial score (nSPS) is 12.2. The first-order valence-electron chi connectivity index (χ1n) is 5.78. The van der Waals surface area contributed by atoms with E-state index in [1.54, 1.807) is 42.3 Å². The highest BCUT2D eigenvalue weighted by molar-refractivity contribution is 5.42. The number of pyridine rings is 1. The zero-order chi connectivity index (χ0) is 13.1. The highest BCUT2D eigenvalue weighted by Crippen LogP contribution is 2.17. The van der Waals surface area contributed by atoms with Crippen LogP contribution in [-0.4, -0.2) is 14.5 Å². The number of aryl methyl sites for hydroxylation is 2. The van der Waals surface area contributed by atoms with Gasteiger partial charge in [0.05, 0.1) is 23.1 Å². The molecule has 0 radical (unpaired) electrons. The van der Waals surface area contributed by atoms with E-state index in [1.807, 2.05) is 13.8 Å². The second-order valence-electron chi connectivity index (χ2n) is 4.26. The van der Waals surface area contributed by atoms with Gasteiger partial charge in [0, 0.05) is 31.7 Å². The minimum absolute atomic E-state index is 0.0242. The van der Waals surface area contributed by atoms with Gasteiger partial charge in [0.1, 0.15) is 0 Å². The summed E-state index contributed by atoms with van der Waals surface area (Å²) in [4.78, 5) is 19.8. The minimum atomic E-state index is -0.0242. The first kappa shape index (κ1) is 12.3. The van der Waals surface area contributed by atoms with Crippen LogP contribution in [0.1, 0.15) is 24.4 Å². The largest absolute Gasteiger partial charge is 0.376 e. The van der Waals surface area contributed by atoms with E-state index in [0.717, 1.165) is 17.1 Å². The molecule has 1 unspecified atom stereocenters. The molecule has 0 fully saturated rings. The molecule has 0 amide bonds. The standard InChI is InChI=1S/C13H16N4O/c1-9-13(15-7-6-14-9)10(2)16-11-4-5-12(18)17(3)8-11/h4-8,10,16H,1-3H3. The van der Waals surface area contributed by atoms with E-state index in [0.29, 0.717) is 0 Å². The average molecular weight is 244 g/mol. The summed E-state index contributed by atoms with van der Waals surface area (Å²) >= 11 is 0. The van der Waals surface area contributed by atoms with Crippen LogP contribution in [0.5, 0.6) is 0 Å². The molecule has 2 heterocycles. The Morgan fingerprint density at radius 1 is 1.28 bits per heavy atom. The van der Waals surface area contributed by atoms with Gasteiger partial charge in [0.2, 0.25) is 5.56 Å². The van der Waals surface area contributed by atoms with E-state index < -0.39 is 0 Å². The first-order chi connectivity index (χ1) is 8.58. The number of anilines is 1. The molecule has 2 rings (SSSR count). The van der Waals surface area contributed by atoms with Crippen LogP contribution >= 0.6 is 0 Å². The molecular formula is C13H16N4O. The number of rotatable bonds is 3. The zero-order valence-electron chi connectivity index (χ0n) is 10.7. The van der Waals surface area contributed by atoms with Crippen molar-refractivity contribution in [3.8, 4) is 0 Å². The van der Waals surface area contributed by atoms with Crippen molar-refractivity contribution >= 4 is 5.69 Å². The molecule has 5 heteroatoms. The Morgan fingerprint density at radius 2 is 2.00 bits per heavy atom. The lowest BCUT2D eigenvalue weighted by Gasteiger charge is -2.16. The van der Waals surface area contributed by atoms with Crippen molar-refractivity contribution in [2.24, 2.45) is 7.05 Å². The summed E-state index contributed by atoms with van der Waals surface area (Å²) in [5, 5.41) is 3.30. The molecule has 0 aliphatic heterocycles. The van der Waals surface area contributed by atoms with Gasteiger partial charge in [-0.15, -0.1) is 0 Å². The van der Waals surface area contributed by atoms with Gasteiger partial charge in [-0.25, -0.2) is 0 Å². The number of aromatic nitrogens is 3. The van der Waals surface area contributed by atoms with Crippen molar-refractivity contribution in [2.75, 3.05) is 5.32 Å². The van der Waals surface area contributed by atoms with Crippen LogP contribution in [0.3, 0.4) is 0 Å². The Balaban J connectivity index is 2.21. The van der Waals surface area contributed by atoms with Crippen LogP contribution < -0.4 is 10.9 Å². The monoisotopic (exact) mass is 244 g/mol. The summed E-state index contributed by atoms with van der Waals surface area (Å²) in [7, 11) is 1.73. The lowest BCUT2D eigenvalue weighted by atomic mass is 10.2. The van der Waals surface area contributed by atoms with Gasteiger partial charge in [0.25, 0.3) is 0 Å². The van der Waals surface area contributed by atoms with Crippen molar-refractivity contribution < 1.29 is 0 Å². The minimum Gasteiger partial charge on any atom is -0.376 e. The summed E-state index contributed by atoms with van der Waals surface area (Å²) in [6.45, 7) is 3.95. The van der Waals surface area contributed by atoms with Crippen molar-refractivity contribution in [1.29, 1.82) is 0 Å². The number of hydrogen-bond donors (Lipinski definition) is 1. The first-order valence-corrected chi connectivity index (χ1v) is 5.78. The molecule has 94 valence electrons. The lowest BCUT2D eigenvalue weighted by Crippen LogP contribution is -2.17. The lowest BCUT2D eigenvalue weighted by molar-refractivity contribution is 0.799. The molecule has 0 aliphatic carbocycles. The van der Waals surface area contributed by atoms with Gasteiger partial charge in [-0.3, -0.25) is 14.8 Å². The zero-order valence-corrected chi connectivity index (χ0v) is 10.7. The maximum atomic E-state index is 11.3. The maximum Gasteiger partial charge on any atom is 0.250 e. The van der Waals surface area contributed by atoms with E-state index >= 15 is 0 Å². The Labute approximate surface area is 106 Å². The van der Waals surface area contributed by atoms with Crippen molar-refractivity contribution in [2.45, 2.75) is 19.9 Å². The molecule has 18 heavy (non-hydrogen) atoms. The Hall–Kier alpha value is -2.17. The molecule has 0 saturated heterocycles. The fourth-order valence-corrected chi connectivity index (χ4v) is 1.84. The van der Waals surface area contributed by atoms with Gasteiger partial charge in [-0.1, -0.05) is 0 Å². The Kier molecular flexibility index (Phi) is 3.41. The summed E-state index contributed by atoms with van der Waals surface area (Å²) in [6.07, 6.45) is 5.13. The highest BCUT2D eigenvalue weighted by Gasteiger charge is 2.10. The summed E-state index contributed by atoms with van der Waals surface area (Å²) < 4.78 is 1.54. The summed E-state index contributed by atoms with van der Waals surface area (Å²) in [5.41, 5.74) is 2.67. The molecule has 1 N–H and O–H groups in total. The topological polar surface area (TPSA) is 59.8 Å². The number of nitrogens with one attached hydrogen (secondary N) is 1. The summed E-state index contributed by atoms with van der Waals surface area (Å²) in [5.74, 6) is 0. The molecular weight excluding hydrogens is 228 g/mol. The molecule has 0 aliphatic rings. The SMILES string of the molecule is Cc1nccnc1C(C)Nc1ccc(=O)n(C)c1. The van der Waals surface area contributed by atoms with Crippen LogP contribution in [0.25, 0.3) is 0 Å². The van der Waals surface area contributed by atoms with Crippen molar-refractivity contribution in [1.82, 2.24) is 14.5 Å². The fraction of sp³-hybridized carbons (Fsp3) is 0.308. The predicted octanol–water partition coefficient (Wildman–Crippen LogP) is 1.66. The van der Waals surface area contributed by atoms with E-state index in [1.165, 1.54) is 0 Å². The van der Waals surface area contributed by atoms with Crippen LogP contribution in [-0.2, 0) is 7.05 Å². The molecule has 1 atom stereocenters. The third kappa shape index (κ3) is 2.56. The van der Waals surface area contributed by atoms with Gasteiger partial charge in [-0.05, 0) is 19.9 Å². The third-order valence-electron chi connectivity index (χ3n) is 2.80. The van der Waals surface area contributed by atoms with Crippen LogP contribution in [0, 0.1) is 6.92 Å². The predicted molar refractivity (Wildman–Crippen MR) is 70.5 cm³/mol. The Bertz CT molecular complexity index is 606. The van der Waals surface area contributed by atoms with E-state index in [-0.39, 0.29) is 11.6 Å². The maximum absolute atomic E-state index is 11.3. The fourth-order valence-electron chi connectivity index (χ4n) is 1.84. The van der Waals surface area contributed by atoms with Crippen molar-refractivity contribution in [3.63, 3.8) is 0 Å². The van der Waals surface area contributed by atoms with Gasteiger partial charge < -0.3 is 9.88 Å². The van der Waals surface area contributed by atoms with Crippen LogP contribution in [0.2, 0.25) is 0 Å². The van der Waals surface area contributed by atoms with Crippen molar-refractivity contribution in [3.05, 3.63) is 52.5 Å². The molecule has 2 aromatic rings. The van der Waals surface area contributed by atoms with E-state index in [4.69, 9.17) is 0 Å². The molecule has 0 saturated carbocycles.